The molecule has 0 radical (unpaired) electrons. The molecule has 0 aliphatic heterocycles. The summed E-state index contributed by atoms with van der Waals surface area (Å²) in [5, 5.41) is 10.0. The number of hydrogen-bond acceptors (Lipinski definition) is 3. The molecule has 2 aromatic carbocycles. The second-order valence-corrected chi connectivity index (χ2v) is 7.28. The molecule has 0 unspecified atom stereocenters. The molecule has 0 aliphatic rings. The van der Waals surface area contributed by atoms with Crippen molar-refractivity contribution in [2.45, 2.75) is 13.5 Å². The molecule has 0 bridgehead atoms. The fraction of sp³-hybridized carbons (Fsp3) is 0.0833. The fourth-order valence-corrected chi connectivity index (χ4v) is 3.43. The summed E-state index contributed by atoms with van der Waals surface area (Å²) in [5.74, 6) is -0.281. The SMILES string of the molecule is Cc1ccc(-c2ccccc2OCc2ccc(Cl)cc2)n1-c1cncc(C(=O)O)c1. The van der Waals surface area contributed by atoms with Gasteiger partial charge >= 0.3 is 5.97 Å². The van der Waals surface area contributed by atoms with Crippen molar-refractivity contribution < 1.29 is 14.6 Å². The lowest BCUT2D eigenvalue weighted by molar-refractivity contribution is 0.0696. The average Bonchev–Trinajstić information content (AvgIpc) is 3.15. The maximum atomic E-state index is 11.4. The number of pyridine rings is 1. The number of carboxylic acid groups (broad SMARTS) is 1. The van der Waals surface area contributed by atoms with Crippen LogP contribution in [0, 0.1) is 6.92 Å². The van der Waals surface area contributed by atoms with Crippen molar-refractivity contribution in [1.82, 2.24) is 9.55 Å². The highest BCUT2D eigenvalue weighted by Crippen LogP contribution is 2.34. The van der Waals surface area contributed by atoms with Gasteiger partial charge in [0.1, 0.15) is 12.4 Å². The van der Waals surface area contributed by atoms with Crippen LogP contribution < -0.4 is 4.74 Å². The highest BCUT2D eigenvalue weighted by molar-refractivity contribution is 6.30. The molecule has 2 aromatic heterocycles. The van der Waals surface area contributed by atoms with Gasteiger partial charge < -0.3 is 14.4 Å². The number of carboxylic acids is 1. The Balaban J connectivity index is 1.71. The monoisotopic (exact) mass is 418 g/mol. The fourth-order valence-electron chi connectivity index (χ4n) is 3.30. The highest BCUT2D eigenvalue weighted by Gasteiger charge is 2.15. The van der Waals surface area contributed by atoms with Gasteiger partial charge in [0.25, 0.3) is 0 Å². The molecule has 0 fully saturated rings. The van der Waals surface area contributed by atoms with Crippen LogP contribution in [0.2, 0.25) is 5.02 Å². The van der Waals surface area contributed by atoms with E-state index >= 15 is 0 Å². The van der Waals surface area contributed by atoms with Gasteiger partial charge in [0, 0.05) is 22.5 Å². The number of carbonyl (C=O) groups is 1. The molecule has 4 aromatic rings. The average molecular weight is 419 g/mol. The Hall–Kier alpha value is -3.57. The number of aryl methyl sites for hydroxylation is 1. The standard InChI is InChI=1S/C24H19ClN2O3/c1-16-6-11-22(27(16)20-12-18(24(28)29)13-26-14-20)21-4-2-3-5-23(21)30-15-17-7-9-19(25)10-8-17/h2-14H,15H2,1H3,(H,28,29). The van der Waals surface area contributed by atoms with Crippen molar-refractivity contribution >= 4 is 17.6 Å². The van der Waals surface area contributed by atoms with Gasteiger partial charge in [0.15, 0.2) is 0 Å². The second-order valence-electron chi connectivity index (χ2n) is 6.84. The Kier molecular flexibility index (Phi) is 5.55. The Labute approximate surface area is 179 Å². The quantitative estimate of drug-likeness (QED) is 0.431. The molecule has 30 heavy (non-hydrogen) atoms. The predicted octanol–water partition coefficient (Wildman–Crippen LogP) is 5.78. The molecular weight excluding hydrogens is 400 g/mol. The van der Waals surface area contributed by atoms with E-state index in [2.05, 4.69) is 4.98 Å². The molecule has 2 heterocycles. The van der Waals surface area contributed by atoms with Crippen molar-refractivity contribution in [3.8, 4) is 22.7 Å². The van der Waals surface area contributed by atoms with E-state index in [4.69, 9.17) is 16.3 Å². The maximum absolute atomic E-state index is 11.4. The molecule has 0 aliphatic carbocycles. The van der Waals surface area contributed by atoms with Crippen LogP contribution >= 0.6 is 11.6 Å². The Morgan fingerprint density at radius 1 is 1.07 bits per heavy atom. The lowest BCUT2D eigenvalue weighted by Crippen LogP contribution is -2.04. The minimum absolute atomic E-state index is 0.138. The zero-order valence-corrected chi connectivity index (χ0v) is 17.0. The number of para-hydroxylation sites is 1. The van der Waals surface area contributed by atoms with Gasteiger partial charge in [0.05, 0.1) is 23.1 Å². The van der Waals surface area contributed by atoms with Gasteiger partial charge in [-0.15, -0.1) is 0 Å². The molecule has 1 N–H and O–H groups in total. The first-order chi connectivity index (χ1) is 14.5. The van der Waals surface area contributed by atoms with Crippen molar-refractivity contribution in [2.24, 2.45) is 0 Å². The smallest absolute Gasteiger partial charge is 0.337 e. The first-order valence-electron chi connectivity index (χ1n) is 9.36. The van der Waals surface area contributed by atoms with Crippen LogP contribution in [-0.2, 0) is 6.61 Å². The number of rotatable bonds is 6. The van der Waals surface area contributed by atoms with E-state index in [0.717, 1.165) is 28.3 Å². The van der Waals surface area contributed by atoms with Gasteiger partial charge in [-0.05, 0) is 55.0 Å². The third kappa shape index (κ3) is 4.07. The summed E-state index contributed by atoms with van der Waals surface area (Å²) in [6, 6.07) is 20.9. The van der Waals surface area contributed by atoms with Crippen LogP contribution in [0.5, 0.6) is 5.75 Å². The lowest BCUT2D eigenvalue weighted by atomic mass is 10.1. The van der Waals surface area contributed by atoms with Crippen LogP contribution in [0.3, 0.4) is 0 Å². The van der Waals surface area contributed by atoms with Crippen molar-refractivity contribution in [1.29, 1.82) is 0 Å². The molecule has 0 saturated heterocycles. The minimum Gasteiger partial charge on any atom is -0.488 e. The predicted molar refractivity (Wildman–Crippen MR) is 116 cm³/mol. The number of halogens is 1. The van der Waals surface area contributed by atoms with E-state index in [0.29, 0.717) is 17.3 Å². The Bertz CT molecular complexity index is 1200. The van der Waals surface area contributed by atoms with Crippen LogP contribution in [0.25, 0.3) is 16.9 Å². The van der Waals surface area contributed by atoms with Gasteiger partial charge in [-0.1, -0.05) is 35.9 Å². The van der Waals surface area contributed by atoms with Crippen molar-refractivity contribution in [3.05, 3.63) is 101 Å². The normalized spacial score (nSPS) is 10.7. The zero-order chi connectivity index (χ0) is 21.1. The van der Waals surface area contributed by atoms with Crippen LogP contribution in [0.15, 0.2) is 79.1 Å². The van der Waals surface area contributed by atoms with Crippen LogP contribution in [-0.4, -0.2) is 20.6 Å². The molecule has 0 amide bonds. The number of benzene rings is 2. The zero-order valence-electron chi connectivity index (χ0n) is 16.2. The molecule has 6 heteroatoms. The summed E-state index contributed by atoms with van der Waals surface area (Å²) in [7, 11) is 0. The molecule has 5 nitrogen and oxygen atoms in total. The lowest BCUT2D eigenvalue weighted by Gasteiger charge is -2.16. The van der Waals surface area contributed by atoms with E-state index < -0.39 is 5.97 Å². The largest absolute Gasteiger partial charge is 0.488 e. The summed E-state index contributed by atoms with van der Waals surface area (Å²) >= 11 is 5.96. The van der Waals surface area contributed by atoms with E-state index in [-0.39, 0.29) is 5.56 Å². The number of hydrogen-bond donors (Lipinski definition) is 1. The first-order valence-corrected chi connectivity index (χ1v) is 9.74. The minimum atomic E-state index is -1.01. The summed E-state index contributed by atoms with van der Waals surface area (Å²) < 4.78 is 8.09. The van der Waals surface area contributed by atoms with Gasteiger partial charge in [0.2, 0.25) is 0 Å². The molecule has 150 valence electrons. The van der Waals surface area contributed by atoms with Gasteiger partial charge in [-0.2, -0.15) is 0 Å². The summed E-state index contributed by atoms with van der Waals surface area (Å²) in [6.07, 6.45) is 2.99. The highest BCUT2D eigenvalue weighted by atomic mass is 35.5. The van der Waals surface area contributed by atoms with Crippen molar-refractivity contribution in [2.75, 3.05) is 0 Å². The van der Waals surface area contributed by atoms with E-state index in [1.807, 2.05) is 72.2 Å². The van der Waals surface area contributed by atoms with Crippen molar-refractivity contribution in [3.63, 3.8) is 0 Å². The number of aromatic carboxylic acids is 1. The molecule has 4 rings (SSSR count). The second kappa shape index (κ2) is 8.43. The molecule has 0 atom stereocenters. The third-order valence-electron chi connectivity index (χ3n) is 4.78. The van der Waals surface area contributed by atoms with E-state index in [1.54, 1.807) is 12.3 Å². The molecule has 0 spiro atoms. The summed E-state index contributed by atoms with van der Waals surface area (Å²) in [6.45, 7) is 2.37. The summed E-state index contributed by atoms with van der Waals surface area (Å²) in [5.41, 5.74) is 4.59. The first kappa shape index (κ1) is 19.7. The van der Waals surface area contributed by atoms with Crippen LogP contribution in [0.4, 0.5) is 0 Å². The van der Waals surface area contributed by atoms with Crippen LogP contribution in [0.1, 0.15) is 21.6 Å². The van der Waals surface area contributed by atoms with E-state index in [1.165, 1.54) is 6.20 Å². The topological polar surface area (TPSA) is 64.4 Å². The third-order valence-corrected chi connectivity index (χ3v) is 5.03. The maximum Gasteiger partial charge on any atom is 0.337 e. The van der Waals surface area contributed by atoms with Gasteiger partial charge in [-0.3, -0.25) is 4.98 Å². The molecular formula is C24H19ClN2O3. The number of ether oxygens (including phenoxy) is 1. The Morgan fingerprint density at radius 3 is 2.60 bits per heavy atom. The molecule has 0 saturated carbocycles. The van der Waals surface area contributed by atoms with Gasteiger partial charge in [-0.25, -0.2) is 4.79 Å². The van der Waals surface area contributed by atoms with E-state index in [9.17, 15) is 9.90 Å². The number of nitrogens with zero attached hydrogens (tertiary/aromatic N) is 2. The number of aromatic nitrogens is 2. The summed E-state index contributed by atoms with van der Waals surface area (Å²) in [4.78, 5) is 15.5. The Morgan fingerprint density at radius 2 is 1.83 bits per heavy atom.